The molecule has 2 rings (SSSR count). The van der Waals surface area contributed by atoms with Crippen molar-refractivity contribution >= 4 is 23.2 Å². The van der Waals surface area contributed by atoms with Crippen molar-refractivity contribution in [2.45, 2.75) is 59.4 Å². The van der Waals surface area contributed by atoms with Crippen LogP contribution in [-0.4, -0.2) is 23.7 Å². The molecule has 4 nitrogen and oxygen atoms in total. The highest BCUT2D eigenvalue weighted by Gasteiger charge is 2.29. The van der Waals surface area contributed by atoms with Gasteiger partial charge in [-0.05, 0) is 80.4 Å². The van der Waals surface area contributed by atoms with E-state index in [1.807, 2.05) is 6.92 Å². The fourth-order valence-corrected chi connectivity index (χ4v) is 3.63. The number of nitrogens with one attached hydrogen (secondary N) is 2. The van der Waals surface area contributed by atoms with Crippen molar-refractivity contribution in [1.29, 1.82) is 0 Å². The molecule has 1 aromatic carbocycles. The van der Waals surface area contributed by atoms with Crippen LogP contribution in [0.15, 0.2) is 24.3 Å². The first kappa shape index (κ1) is 19.7. The first-order valence-corrected chi connectivity index (χ1v) is 9.55. The maximum Gasteiger partial charge on any atom is 0.257 e. The van der Waals surface area contributed by atoms with Crippen LogP contribution < -0.4 is 15.4 Å². The van der Waals surface area contributed by atoms with Gasteiger partial charge >= 0.3 is 0 Å². The molecule has 0 unspecified atom stereocenters. The third-order valence-electron chi connectivity index (χ3n) is 4.94. The highest BCUT2D eigenvalue weighted by atomic mass is 32.1. The summed E-state index contributed by atoms with van der Waals surface area (Å²) in [5, 5.41) is 6.49. The van der Waals surface area contributed by atoms with Crippen LogP contribution in [-0.2, 0) is 0 Å². The van der Waals surface area contributed by atoms with E-state index in [0.717, 1.165) is 24.5 Å². The minimum atomic E-state index is -0.191. The number of hydrogen-bond acceptors (Lipinski definition) is 3. The van der Waals surface area contributed by atoms with Gasteiger partial charge in [0.15, 0.2) is 5.11 Å². The molecule has 1 saturated carbocycles. The molecule has 1 amide bonds. The molecule has 138 valence electrons. The molecular formula is C20H30N2O2S. The van der Waals surface area contributed by atoms with E-state index >= 15 is 0 Å². The Balaban J connectivity index is 1.79. The van der Waals surface area contributed by atoms with Gasteiger partial charge in [-0.3, -0.25) is 10.1 Å². The van der Waals surface area contributed by atoms with E-state index < -0.39 is 0 Å². The molecule has 0 bridgehead atoms. The highest BCUT2D eigenvalue weighted by Crippen LogP contribution is 2.37. The average molecular weight is 363 g/mol. The molecule has 0 aliphatic heterocycles. The summed E-state index contributed by atoms with van der Waals surface area (Å²) in [5.41, 5.74) is 0.942. The van der Waals surface area contributed by atoms with Crippen molar-refractivity contribution in [1.82, 2.24) is 10.6 Å². The van der Waals surface area contributed by atoms with E-state index in [9.17, 15) is 4.79 Å². The number of hydrogen-bond donors (Lipinski definition) is 2. The molecule has 0 radical (unpaired) electrons. The lowest BCUT2D eigenvalue weighted by Crippen LogP contribution is -2.46. The fraction of sp³-hybridized carbons (Fsp3) is 0.600. The lowest BCUT2D eigenvalue weighted by molar-refractivity contribution is 0.0976. The van der Waals surface area contributed by atoms with Crippen LogP contribution in [0.4, 0.5) is 0 Å². The third kappa shape index (κ3) is 5.99. The Labute approximate surface area is 156 Å². The highest BCUT2D eigenvalue weighted by molar-refractivity contribution is 7.80. The largest absolute Gasteiger partial charge is 0.494 e. The zero-order chi connectivity index (χ0) is 18.4. The number of carbonyl (C=O) groups excluding carboxylic acids is 1. The van der Waals surface area contributed by atoms with Crippen LogP contribution >= 0.6 is 12.2 Å². The van der Waals surface area contributed by atoms with E-state index in [1.165, 1.54) is 12.8 Å². The minimum Gasteiger partial charge on any atom is -0.494 e. The summed E-state index contributed by atoms with van der Waals surface area (Å²) in [4.78, 5) is 12.3. The van der Waals surface area contributed by atoms with Gasteiger partial charge < -0.3 is 10.1 Å². The number of benzene rings is 1. The number of rotatable bonds is 4. The summed E-state index contributed by atoms with van der Waals surface area (Å²) >= 11 is 5.31. The van der Waals surface area contributed by atoms with Crippen LogP contribution in [0, 0.1) is 11.3 Å². The molecule has 25 heavy (non-hydrogen) atoms. The van der Waals surface area contributed by atoms with Gasteiger partial charge in [0.1, 0.15) is 5.75 Å². The lowest BCUT2D eigenvalue weighted by atomic mass is 9.71. The second-order valence-corrected chi connectivity index (χ2v) is 8.21. The third-order valence-corrected chi connectivity index (χ3v) is 5.16. The average Bonchev–Trinajstić information content (AvgIpc) is 2.55. The van der Waals surface area contributed by atoms with Crippen LogP contribution in [0.3, 0.4) is 0 Å². The van der Waals surface area contributed by atoms with E-state index in [0.29, 0.717) is 28.7 Å². The monoisotopic (exact) mass is 362 g/mol. The van der Waals surface area contributed by atoms with Crippen molar-refractivity contribution in [2.24, 2.45) is 11.3 Å². The summed E-state index contributed by atoms with van der Waals surface area (Å²) in [6, 6.07) is 7.44. The van der Waals surface area contributed by atoms with Gasteiger partial charge in [-0.1, -0.05) is 20.8 Å². The van der Waals surface area contributed by atoms with Gasteiger partial charge in [0, 0.05) is 11.6 Å². The Hall–Kier alpha value is -1.62. The van der Waals surface area contributed by atoms with Gasteiger partial charge in [-0.25, -0.2) is 0 Å². The second kappa shape index (κ2) is 8.65. The fourth-order valence-electron chi connectivity index (χ4n) is 3.37. The van der Waals surface area contributed by atoms with Crippen LogP contribution in [0.2, 0.25) is 0 Å². The smallest absolute Gasteiger partial charge is 0.257 e. The normalized spacial score (nSPS) is 20.6. The van der Waals surface area contributed by atoms with Crippen LogP contribution in [0.25, 0.3) is 0 Å². The molecule has 0 aromatic heterocycles. The Morgan fingerprint density at radius 1 is 1.16 bits per heavy atom. The second-order valence-electron chi connectivity index (χ2n) is 7.80. The standard InChI is InChI=1S/C20H30N2O2S/c1-5-24-17-12-6-14(7-13-17)18(23)22-19(25)21-16-10-8-15(9-11-16)20(2,3)4/h6-7,12-13,15-16H,5,8-11H2,1-4H3,(H2,21,22,23,25). The lowest BCUT2D eigenvalue weighted by Gasteiger charge is -2.37. The quantitative estimate of drug-likeness (QED) is 0.784. The maximum atomic E-state index is 12.3. The van der Waals surface area contributed by atoms with Gasteiger partial charge in [-0.15, -0.1) is 0 Å². The Morgan fingerprint density at radius 3 is 2.28 bits per heavy atom. The summed E-state index contributed by atoms with van der Waals surface area (Å²) in [5.74, 6) is 1.33. The van der Waals surface area contributed by atoms with E-state index in [1.54, 1.807) is 24.3 Å². The molecule has 0 spiro atoms. The first-order chi connectivity index (χ1) is 11.8. The zero-order valence-corrected chi connectivity index (χ0v) is 16.5. The van der Waals surface area contributed by atoms with Crippen molar-refractivity contribution < 1.29 is 9.53 Å². The Morgan fingerprint density at radius 2 is 1.76 bits per heavy atom. The van der Waals surface area contributed by atoms with E-state index in [2.05, 4.69) is 31.4 Å². The summed E-state index contributed by atoms with van der Waals surface area (Å²) in [6.07, 6.45) is 4.61. The van der Waals surface area contributed by atoms with Crippen LogP contribution in [0.1, 0.15) is 63.7 Å². The maximum absolute atomic E-state index is 12.3. The molecular weight excluding hydrogens is 332 g/mol. The number of carbonyl (C=O) groups is 1. The molecule has 1 aliphatic carbocycles. The van der Waals surface area contributed by atoms with E-state index in [-0.39, 0.29) is 5.91 Å². The summed E-state index contributed by atoms with van der Waals surface area (Å²) in [7, 11) is 0. The molecule has 0 heterocycles. The van der Waals surface area contributed by atoms with Crippen molar-refractivity contribution in [3.8, 4) is 5.75 Å². The number of ether oxygens (including phenoxy) is 1. The number of thiocarbonyl (C=S) groups is 1. The van der Waals surface area contributed by atoms with Crippen molar-refractivity contribution in [2.75, 3.05) is 6.61 Å². The molecule has 1 fully saturated rings. The predicted molar refractivity (Wildman–Crippen MR) is 106 cm³/mol. The summed E-state index contributed by atoms with van der Waals surface area (Å²) < 4.78 is 5.38. The van der Waals surface area contributed by atoms with Crippen molar-refractivity contribution in [3.05, 3.63) is 29.8 Å². The molecule has 1 aliphatic rings. The molecule has 0 saturated heterocycles. The molecule has 2 N–H and O–H groups in total. The van der Waals surface area contributed by atoms with Crippen LogP contribution in [0.5, 0.6) is 5.75 Å². The Kier molecular flexibility index (Phi) is 6.82. The SMILES string of the molecule is CCOc1ccc(C(=O)NC(=S)NC2CCC(C(C)(C)C)CC2)cc1. The topological polar surface area (TPSA) is 50.4 Å². The molecule has 5 heteroatoms. The molecule has 0 atom stereocenters. The predicted octanol–water partition coefficient (Wildman–Crippen LogP) is 4.29. The van der Waals surface area contributed by atoms with Crippen molar-refractivity contribution in [3.63, 3.8) is 0 Å². The molecule has 1 aromatic rings. The van der Waals surface area contributed by atoms with E-state index in [4.69, 9.17) is 17.0 Å². The van der Waals surface area contributed by atoms with Gasteiger partial charge in [0.25, 0.3) is 5.91 Å². The van der Waals surface area contributed by atoms with Gasteiger partial charge in [-0.2, -0.15) is 0 Å². The minimum absolute atomic E-state index is 0.191. The van der Waals surface area contributed by atoms with Gasteiger partial charge in [0.2, 0.25) is 0 Å². The first-order valence-electron chi connectivity index (χ1n) is 9.14. The Bertz CT molecular complexity index is 585. The van der Waals surface area contributed by atoms with Gasteiger partial charge in [0.05, 0.1) is 6.61 Å². The zero-order valence-electron chi connectivity index (χ0n) is 15.7. The number of amides is 1. The summed E-state index contributed by atoms with van der Waals surface area (Å²) in [6.45, 7) is 9.48.